The van der Waals surface area contributed by atoms with Gasteiger partial charge in [0.25, 0.3) is 0 Å². The average molecular weight is 192 g/mol. The van der Waals surface area contributed by atoms with Crippen molar-refractivity contribution in [3.8, 4) is 0 Å². The summed E-state index contributed by atoms with van der Waals surface area (Å²) in [7, 11) is 0. The Morgan fingerprint density at radius 1 is 1.29 bits per heavy atom. The first kappa shape index (κ1) is 9.40. The molecule has 1 fully saturated rings. The van der Waals surface area contributed by atoms with Gasteiger partial charge in [0, 0.05) is 31.5 Å². The van der Waals surface area contributed by atoms with Crippen LogP contribution >= 0.6 is 0 Å². The van der Waals surface area contributed by atoms with Crippen LogP contribution in [-0.2, 0) is 0 Å². The van der Waals surface area contributed by atoms with Gasteiger partial charge in [-0.15, -0.1) is 0 Å². The Labute approximate surface area is 84.2 Å². The number of hydrogen-bond donors (Lipinski definition) is 2. The third-order valence-corrected chi connectivity index (χ3v) is 2.20. The fraction of sp³-hybridized carbons (Fsp3) is 0.600. The molecular weight excluding hydrogens is 176 g/mol. The predicted molar refractivity (Wildman–Crippen MR) is 56.3 cm³/mol. The lowest BCUT2D eigenvalue weighted by atomic mass is 10.4. The Morgan fingerprint density at radius 3 is 2.64 bits per heavy atom. The maximum atomic E-state index is 4.16. The molecule has 0 aromatic carbocycles. The van der Waals surface area contributed by atoms with E-state index in [9.17, 15) is 0 Å². The maximum absolute atomic E-state index is 4.16. The van der Waals surface area contributed by atoms with Crippen molar-refractivity contribution >= 4 is 5.95 Å². The van der Waals surface area contributed by atoms with Gasteiger partial charge in [-0.3, -0.25) is 0 Å². The van der Waals surface area contributed by atoms with Gasteiger partial charge in [0.05, 0.1) is 0 Å². The standard InChI is InChI=1S/C10H16N4/c1-8-6-13-10(14-7-8)12-5-4-11-9-2-3-9/h6-7,9,11H,2-5H2,1H3,(H,12,13,14). The summed E-state index contributed by atoms with van der Waals surface area (Å²) in [6.45, 7) is 3.86. The van der Waals surface area contributed by atoms with Crippen LogP contribution in [0, 0.1) is 6.92 Å². The Hall–Kier alpha value is -1.16. The van der Waals surface area contributed by atoms with Crippen LogP contribution in [0.3, 0.4) is 0 Å². The smallest absolute Gasteiger partial charge is 0.222 e. The van der Waals surface area contributed by atoms with Crippen LogP contribution in [0.4, 0.5) is 5.95 Å². The Bertz CT molecular complexity index is 279. The second-order valence-electron chi connectivity index (χ2n) is 3.74. The number of anilines is 1. The molecule has 0 atom stereocenters. The molecule has 2 rings (SSSR count). The van der Waals surface area contributed by atoms with E-state index in [-0.39, 0.29) is 0 Å². The molecule has 0 radical (unpaired) electrons. The summed E-state index contributed by atoms with van der Waals surface area (Å²) in [4.78, 5) is 8.32. The van der Waals surface area contributed by atoms with Gasteiger partial charge >= 0.3 is 0 Å². The maximum Gasteiger partial charge on any atom is 0.222 e. The molecule has 0 saturated heterocycles. The first-order valence-corrected chi connectivity index (χ1v) is 5.10. The van der Waals surface area contributed by atoms with Gasteiger partial charge in [-0.2, -0.15) is 0 Å². The Morgan fingerprint density at radius 2 is 2.00 bits per heavy atom. The van der Waals surface area contributed by atoms with E-state index in [0.717, 1.165) is 24.7 Å². The summed E-state index contributed by atoms with van der Waals surface area (Å²) >= 11 is 0. The van der Waals surface area contributed by atoms with Gasteiger partial charge < -0.3 is 10.6 Å². The highest BCUT2D eigenvalue weighted by Gasteiger charge is 2.19. The molecule has 4 heteroatoms. The fourth-order valence-corrected chi connectivity index (χ4v) is 1.22. The highest BCUT2D eigenvalue weighted by Crippen LogP contribution is 2.17. The molecule has 14 heavy (non-hydrogen) atoms. The van der Waals surface area contributed by atoms with Crippen molar-refractivity contribution in [2.24, 2.45) is 0 Å². The van der Waals surface area contributed by atoms with Gasteiger partial charge in [-0.05, 0) is 25.3 Å². The zero-order valence-electron chi connectivity index (χ0n) is 8.45. The molecule has 1 aliphatic rings. The van der Waals surface area contributed by atoms with Crippen molar-refractivity contribution in [1.82, 2.24) is 15.3 Å². The summed E-state index contributed by atoms with van der Waals surface area (Å²) in [6.07, 6.45) is 6.31. The molecule has 1 heterocycles. The lowest BCUT2D eigenvalue weighted by molar-refractivity contribution is 0.699. The number of nitrogens with zero attached hydrogens (tertiary/aromatic N) is 2. The number of nitrogens with one attached hydrogen (secondary N) is 2. The van der Waals surface area contributed by atoms with Crippen LogP contribution in [-0.4, -0.2) is 29.1 Å². The first-order valence-electron chi connectivity index (χ1n) is 5.10. The van der Waals surface area contributed by atoms with E-state index >= 15 is 0 Å². The van der Waals surface area contributed by atoms with Gasteiger partial charge in [0.2, 0.25) is 5.95 Å². The fourth-order valence-electron chi connectivity index (χ4n) is 1.22. The third-order valence-electron chi connectivity index (χ3n) is 2.20. The third kappa shape index (κ3) is 2.96. The molecule has 0 unspecified atom stereocenters. The summed E-state index contributed by atoms with van der Waals surface area (Å²) in [5.74, 6) is 0.716. The molecular formula is C10H16N4. The summed E-state index contributed by atoms with van der Waals surface area (Å²) < 4.78 is 0. The number of hydrogen-bond acceptors (Lipinski definition) is 4. The zero-order chi connectivity index (χ0) is 9.80. The number of aromatic nitrogens is 2. The second-order valence-corrected chi connectivity index (χ2v) is 3.74. The van der Waals surface area contributed by atoms with Crippen LogP contribution < -0.4 is 10.6 Å². The molecule has 0 bridgehead atoms. The average Bonchev–Trinajstić information content (AvgIpc) is 2.99. The van der Waals surface area contributed by atoms with E-state index in [0.29, 0.717) is 5.95 Å². The van der Waals surface area contributed by atoms with E-state index in [1.807, 2.05) is 19.3 Å². The summed E-state index contributed by atoms with van der Waals surface area (Å²) in [5, 5.41) is 6.59. The van der Waals surface area contributed by atoms with E-state index in [1.165, 1.54) is 12.8 Å². The Kier molecular flexibility index (Phi) is 2.93. The van der Waals surface area contributed by atoms with Crippen molar-refractivity contribution in [1.29, 1.82) is 0 Å². The largest absolute Gasteiger partial charge is 0.353 e. The highest BCUT2D eigenvalue weighted by atomic mass is 15.1. The zero-order valence-corrected chi connectivity index (χ0v) is 8.45. The van der Waals surface area contributed by atoms with Crippen LogP contribution in [0.1, 0.15) is 18.4 Å². The van der Waals surface area contributed by atoms with Crippen molar-refractivity contribution in [2.45, 2.75) is 25.8 Å². The first-order chi connectivity index (χ1) is 6.84. The molecule has 0 aliphatic heterocycles. The molecule has 0 amide bonds. The van der Waals surface area contributed by atoms with E-state index in [4.69, 9.17) is 0 Å². The summed E-state index contributed by atoms with van der Waals surface area (Å²) in [5.41, 5.74) is 1.09. The van der Waals surface area contributed by atoms with Crippen LogP contribution in [0.25, 0.3) is 0 Å². The monoisotopic (exact) mass is 192 g/mol. The minimum Gasteiger partial charge on any atom is -0.353 e. The van der Waals surface area contributed by atoms with Gasteiger partial charge in [-0.1, -0.05) is 0 Å². The molecule has 2 N–H and O–H groups in total. The molecule has 1 aliphatic carbocycles. The van der Waals surface area contributed by atoms with E-state index in [2.05, 4.69) is 20.6 Å². The van der Waals surface area contributed by atoms with E-state index in [1.54, 1.807) is 0 Å². The van der Waals surface area contributed by atoms with Crippen molar-refractivity contribution in [2.75, 3.05) is 18.4 Å². The summed E-state index contributed by atoms with van der Waals surface area (Å²) in [6, 6.07) is 0.774. The molecule has 76 valence electrons. The Balaban J connectivity index is 1.66. The quantitative estimate of drug-likeness (QED) is 0.682. The molecule has 1 saturated carbocycles. The van der Waals surface area contributed by atoms with Gasteiger partial charge in [0.15, 0.2) is 0 Å². The van der Waals surface area contributed by atoms with Crippen LogP contribution in [0.15, 0.2) is 12.4 Å². The lowest BCUT2D eigenvalue weighted by Crippen LogP contribution is -2.24. The number of aryl methyl sites for hydroxylation is 1. The minimum absolute atomic E-state index is 0.716. The lowest BCUT2D eigenvalue weighted by Gasteiger charge is -2.04. The van der Waals surface area contributed by atoms with Gasteiger partial charge in [0.1, 0.15) is 0 Å². The second kappa shape index (κ2) is 4.37. The SMILES string of the molecule is Cc1cnc(NCCNC2CC2)nc1. The minimum atomic E-state index is 0.716. The van der Waals surface area contributed by atoms with Crippen molar-refractivity contribution < 1.29 is 0 Å². The predicted octanol–water partition coefficient (Wildman–Crippen LogP) is 0.949. The highest BCUT2D eigenvalue weighted by molar-refractivity contribution is 5.23. The normalized spacial score (nSPS) is 15.5. The van der Waals surface area contributed by atoms with Crippen LogP contribution in [0.5, 0.6) is 0 Å². The molecule has 1 aromatic rings. The molecule has 1 aromatic heterocycles. The number of rotatable bonds is 5. The van der Waals surface area contributed by atoms with Crippen LogP contribution in [0.2, 0.25) is 0 Å². The van der Waals surface area contributed by atoms with E-state index < -0.39 is 0 Å². The van der Waals surface area contributed by atoms with Crippen molar-refractivity contribution in [3.05, 3.63) is 18.0 Å². The molecule has 4 nitrogen and oxygen atoms in total. The molecule has 0 spiro atoms. The van der Waals surface area contributed by atoms with Crippen molar-refractivity contribution in [3.63, 3.8) is 0 Å². The van der Waals surface area contributed by atoms with Gasteiger partial charge in [-0.25, -0.2) is 9.97 Å². The topological polar surface area (TPSA) is 49.8 Å².